The maximum atomic E-state index is 12.4. The van der Waals surface area contributed by atoms with E-state index in [-0.39, 0.29) is 18.1 Å². The number of benzene rings is 2. The predicted molar refractivity (Wildman–Crippen MR) is 131 cm³/mol. The van der Waals surface area contributed by atoms with Gasteiger partial charge in [-0.05, 0) is 56.0 Å². The average Bonchev–Trinajstić information content (AvgIpc) is 3.23. The molecule has 3 heterocycles. The van der Waals surface area contributed by atoms with E-state index in [9.17, 15) is 15.0 Å². The number of aliphatic hydroxyl groups is 2. The van der Waals surface area contributed by atoms with Gasteiger partial charge in [-0.15, -0.1) is 0 Å². The molecule has 0 aromatic heterocycles. The molecule has 2 fully saturated rings. The molecule has 2 saturated heterocycles. The van der Waals surface area contributed by atoms with Crippen LogP contribution in [0.2, 0.25) is 0 Å². The Hall–Kier alpha value is -2.61. The first kappa shape index (κ1) is 23.1. The van der Waals surface area contributed by atoms with Gasteiger partial charge >= 0.3 is 6.09 Å². The molecule has 1 amide bonds. The van der Waals surface area contributed by atoms with Gasteiger partial charge in [-0.1, -0.05) is 48.5 Å². The number of likely N-dealkylation sites (tertiary alicyclic amines) is 2. The summed E-state index contributed by atoms with van der Waals surface area (Å²) in [6, 6.07) is 18.2. The van der Waals surface area contributed by atoms with Crippen LogP contribution < -0.4 is 5.32 Å². The molecule has 0 aliphatic carbocycles. The lowest BCUT2D eigenvalue weighted by atomic mass is 9.74. The van der Waals surface area contributed by atoms with Crippen molar-refractivity contribution in [2.45, 2.75) is 49.4 Å². The maximum absolute atomic E-state index is 12.4. The topological polar surface area (TPSA) is 85.3 Å². The zero-order chi connectivity index (χ0) is 23.6. The summed E-state index contributed by atoms with van der Waals surface area (Å²) in [5.74, 6) is 0. The second kappa shape index (κ2) is 9.56. The molecule has 2 aromatic carbocycles. The Morgan fingerprint density at radius 1 is 0.971 bits per heavy atom. The lowest BCUT2D eigenvalue weighted by Crippen LogP contribution is -2.56. The van der Waals surface area contributed by atoms with Crippen LogP contribution >= 0.6 is 0 Å². The first-order valence-electron chi connectivity index (χ1n) is 12.4. The molecule has 7 heteroatoms. The van der Waals surface area contributed by atoms with Crippen molar-refractivity contribution in [1.29, 1.82) is 0 Å². The Balaban J connectivity index is 1.09. The molecular weight excluding hydrogens is 430 g/mol. The van der Waals surface area contributed by atoms with Crippen LogP contribution in [-0.2, 0) is 16.8 Å². The number of anilines is 1. The molecule has 3 aliphatic rings. The van der Waals surface area contributed by atoms with Gasteiger partial charge < -0.3 is 30.1 Å². The number of β-amino-alcohol motifs (C(OH)–C–C–N with tert-alkyl or cyclic N) is 1. The molecule has 3 N–H and O–H groups in total. The van der Waals surface area contributed by atoms with Gasteiger partial charge in [-0.25, -0.2) is 4.79 Å². The number of amides is 1. The molecule has 2 aromatic rings. The fraction of sp³-hybridized carbons (Fsp3) is 0.519. The van der Waals surface area contributed by atoms with Crippen LogP contribution in [0.15, 0.2) is 54.6 Å². The van der Waals surface area contributed by atoms with Gasteiger partial charge in [-0.2, -0.15) is 0 Å². The van der Waals surface area contributed by atoms with Crippen molar-refractivity contribution in [1.82, 2.24) is 9.80 Å². The van der Waals surface area contributed by atoms with E-state index in [0.717, 1.165) is 38.0 Å². The zero-order valence-corrected chi connectivity index (χ0v) is 19.7. The number of carbonyl (C=O) groups is 1. The molecule has 182 valence electrons. The van der Waals surface area contributed by atoms with E-state index in [1.807, 2.05) is 30.3 Å². The van der Waals surface area contributed by atoms with E-state index >= 15 is 0 Å². The molecule has 3 aliphatic heterocycles. The Morgan fingerprint density at radius 2 is 1.65 bits per heavy atom. The van der Waals surface area contributed by atoms with E-state index in [1.54, 1.807) is 4.90 Å². The Labute approximate surface area is 201 Å². The Morgan fingerprint density at radius 3 is 2.38 bits per heavy atom. The fourth-order valence-electron chi connectivity index (χ4n) is 5.70. The quantitative estimate of drug-likeness (QED) is 0.630. The van der Waals surface area contributed by atoms with Crippen molar-refractivity contribution in [3.63, 3.8) is 0 Å². The minimum Gasteiger partial charge on any atom is -0.445 e. The number of piperidine rings is 2. The number of fused-ring (bicyclic) bond motifs is 2. The third kappa shape index (κ3) is 4.65. The number of nitrogens with zero attached hydrogens (tertiary/aromatic N) is 2. The standard InChI is InChI=1S/C27H35N3O4/c31-24(18-29-14-10-26(11-15-29)20-28-23-9-5-4-8-22(23)26)27(33)12-16-30(17-13-27)25(32)34-19-21-6-2-1-3-7-21/h1-9,24,28,31,33H,10-20H2/t24-/m0/s1. The van der Waals surface area contributed by atoms with E-state index in [2.05, 4.69) is 34.5 Å². The van der Waals surface area contributed by atoms with E-state index in [4.69, 9.17) is 4.74 Å². The molecule has 34 heavy (non-hydrogen) atoms. The van der Waals surface area contributed by atoms with E-state index in [0.29, 0.717) is 32.5 Å². The molecule has 1 atom stereocenters. The van der Waals surface area contributed by atoms with Gasteiger partial charge in [0.2, 0.25) is 0 Å². The van der Waals surface area contributed by atoms with Crippen LogP contribution in [0.4, 0.5) is 10.5 Å². The Bertz CT molecular complexity index is 982. The van der Waals surface area contributed by atoms with E-state index in [1.165, 1.54) is 11.3 Å². The predicted octanol–water partition coefficient (Wildman–Crippen LogP) is 2.97. The third-order valence-corrected chi connectivity index (χ3v) is 8.07. The molecule has 1 spiro atoms. The molecule has 0 unspecified atom stereocenters. The highest BCUT2D eigenvalue weighted by molar-refractivity contribution is 5.67. The molecule has 0 saturated carbocycles. The van der Waals surface area contributed by atoms with Crippen LogP contribution in [0.5, 0.6) is 0 Å². The smallest absolute Gasteiger partial charge is 0.410 e. The number of aliphatic hydroxyl groups excluding tert-OH is 1. The number of hydrogen-bond acceptors (Lipinski definition) is 6. The first-order chi connectivity index (χ1) is 16.5. The van der Waals surface area contributed by atoms with Crippen LogP contribution in [-0.4, -0.2) is 77.1 Å². The monoisotopic (exact) mass is 465 g/mol. The van der Waals surface area contributed by atoms with Crippen molar-refractivity contribution in [3.05, 3.63) is 65.7 Å². The van der Waals surface area contributed by atoms with Gasteiger partial charge in [0.1, 0.15) is 6.61 Å². The van der Waals surface area contributed by atoms with Gasteiger partial charge in [0, 0.05) is 37.3 Å². The second-order valence-corrected chi connectivity index (χ2v) is 10.1. The summed E-state index contributed by atoms with van der Waals surface area (Å²) in [6.07, 6.45) is 1.59. The number of carbonyl (C=O) groups excluding carboxylic acids is 1. The van der Waals surface area contributed by atoms with E-state index < -0.39 is 11.7 Å². The van der Waals surface area contributed by atoms with Crippen molar-refractivity contribution < 1.29 is 19.7 Å². The fourth-order valence-corrected chi connectivity index (χ4v) is 5.70. The van der Waals surface area contributed by atoms with Crippen molar-refractivity contribution in [2.75, 3.05) is 44.6 Å². The van der Waals surface area contributed by atoms with Gasteiger partial charge in [0.15, 0.2) is 0 Å². The summed E-state index contributed by atoms with van der Waals surface area (Å²) in [5, 5.41) is 25.6. The third-order valence-electron chi connectivity index (χ3n) is 8.07. The number of hydrogen-bond donors (Lipinski definition) is 3. The number of nitrogens with one attached hydrogen (secondary N) is 1. The van der Waals surface area contributed by atoms with Crippen LogP contribution in [0, 0.1) is 0 Å². The summed E-state index contributed by atoms with van der Waals surface area (Å²) in [7, 11) is 0. The summed E-state index contributed by atoms with van der Waals surface area (Å²) >= 11 is 0. The lowest BCUT2D eigenvalue weighted by Gasteiger charge is -2.44. The number of rotatable bonds is 5. The maximum Gasteiger partial charge on any atom is 0.410 e. The zero-order valence-electron chi connectivity index (χ0n) is 19.7. The summed E-state index contributed by atoms with van der Waals surface area (Å²) in [6.45, 7) is 4.24. The largest absolute Gasteiger partial charge is 0.445 e. The number of ether oxygens (including phenoxy) is 1. The molecule has 0 radical (unpaired) electrons. The average molecular weight is 466 g/mol. The minimum atomic E-state index is -1.17. The first-order valence-corrected chi connectivity index (χ1v) is 12.4. The van der Waals surface area contributed by atoms with Crippen LogP contribution in [0.3, 0.4) is 0 Å². The van der Waals surface area contributed by atoms with Crippen molar-refractivity contribution in [2.24, 2.45) is 0 Å². The highest BCUT2D eigenvalue weighted by atomic mass is 16.6. The highest BCUT2D eigenvalue weighted by Crippen LogP contribution is 2.44. The molecule has 7 nitrogen and oxygen atoms in total. The summed E-state index contributed by atoms with van der Waals surface area (Å²) in [4.78, 5) is 16.3. The molecule has 5 rings (SSSR count). The Kier molecular flexibility index (Phi) is 6.51. The lowest BCUT2D eigenvalue weighted by molar-refractivity contribution is -0.116. The second-order valence-electron chi connectivity index (χ2n) is 10.1. The number of para-hydroxylation sites is 1. The van der Waals surface area contributed by atoms with Crippen molar-refractivity contribution >= 4 is 11.8 Å². The minimum absolute atomic E-state index is 0.181. The van der Waals surface area contributed by atoms with Gasteiger partial charge in [0.25, 0.3) is 0 Å². The van der Waals surface area contributed by atoms with Crippen molar-refractivity contribution in [3.8, 4) is 0 Å². The SMILES string of the molecule is O=C(OCc1ccccc1)N1CCC(O)([C@@H](O)CN2CCC3(CC2)CNc2ccccc23)CC1. The molecule has 0 bridgehead atoms. The normalized spacial score (nSPS) is 22.1. The highest BCUT2D eigenvalue weighted by Gasteiger charge is 2.44. The molecular formula is C27H35N3O4. The van der Waals surface area contributed by atoms with Gasteiger partial charge in [-0.3, -0.25) is 0 Å². The van der Waals surface area contributed by atoms with Gasteiger partial charge in [0.05, 0.1) is 11.7 Å². The summed E-state index contributed by atoms with van der Waals surface area (Å²) < 4.78 is 5.42. The van der Waals surface area contributed by atoms with Crippen LogP contribution in [0.1, 0.15) is 36.8 Å². The van der Waals surface area contributed by atoms with Crippen LogP contribution in [0.25, 0.3) is 0 Å². The summed E-state index contributed by atoms with van der Waals surface area (Å²) in [5.41, 5.74) is 2.62.